The number of anilines is 2. The molecule has 0 aliphatic heterocycles. The highest BCUT2D eigenvalue weighted by atomic mass is 32.1. The average Bonchev–Trinajstić information content (AvgIpc) is 2.71. The number of nitrogens with zero attached hydrogens (tertiary/aromatic N) is 1. The maximum absolute atomic E-state index is 5.49. The van der Waals surface area contributed by atoms with Crippen molar-refractivity contribution in [3.05, 3.63) is 28.5 Å². The van der Waals surface area contributed by atoms with Gasteiger partial charge in [0.2, 0.25) is 0 Å². The molecular formula is C8H9N3S2. The lowest BCUT2D eigenvalue weighted by Crippen LogP contribution is -1.95. The summed E-state index contributed by atoms with van der Waals surface area (Å²) >= 11 is 3.09. The first-order valence-electron chi connectivity index (χ1n) is 3.82. The van der Waals surface area contributed by atoms with Gasteiger partial charge in [0.15, 0.2) is 0 Å². The van der Waals surface area contributed by atoms with Crippen LogP contribution in [0.3, 0.4) is 0 Å². The van der Waals surface area contributed by atoms with E-state index in [1.807, 2.05) is 6.07 Å². The number of nitrogens with one attached hydrogen (secondary N) is 1. The van der Waals surface area contributed by atoms with Crippen LogP contribution in [0.2, 0.25) is 0 Å². The van der Waals surface area contributed by atoms with Gasteiger partial charge in [-0.05, 0) is 33.9 Å². The molecule has 0 aliphatic carbocycles. The summed E-state index contributed by atoms with van der Waals surface area (Å²) in [5, 5.41) is 8.46. The van der Waals surface area contributed by atoms with E-state index in [9.17, 15) is 0 Å². The predicted molar refractivity (Wildman–Crippen MR) is 58.2 cm³/mol. The number of nitrogens with two attached hydrogens (primary N) is 1. The Balaban J connectivity index is 1.93. The highest BCUT2D eigenvalue weighted by Gasteiger charge is 1.97. The minimum absolute atomic E-state index is 0.581. The number of hydrogen-bond donors (Lipinski definition) is 2. The number of aromatic nitrogens is 1. The van der Waals surface area contributed by atoms with Crippen LogP contribution in [-0.2, 0) is 6.54 Å². The van der Waals surface area contributed by atoms with Gasteiger partial charge < -0.3 is 11.1 Å². The van der Waals surface area contributed by atoms with Gasteiger partial charge in [-0.25, -0.2) is 0 Å². The molecule has 2 heterocycles. The highest BCUT2D eigenvalue weighted by Crippen LogP contribution is 2.18. The fourth-order valence-corrected chi connectivity index (χ4v) is 2.19. The topological polar surface area (TPSA) is 50.9 Å². The van der Waals surface area contributed by atoms with Gasteiger partial charge in [-0.1, -0.05) is 0 Å². The zero-order chi connectivity index (χ0) is 9.10. The van der Waals surface area contributed by atoms with E-state index in [2.05, 4.69) is 26.5 Å². The standard InChI is InChI=1S/C8H9N3S2/c9-7-3-8(13-11-7)10-4-6-1-2-12-5-6/h1-3,5,10H,4H2,(H2,9,11). The van der Waals surface area contributed by atoms with Crippen LogP contribution in [0.15, 0.2) is 22.9 Å². The van der Waals surface area contributed by atoms with Gasteiger partial charge in [0.1, 0.15) is 10.8 Å². The van der Waals surface area contributed by atoms with Gasteiger partial charge in [-0.3, -0.25) is 0 Å². The Kier molecular flexibility index (Phi) is 2.47. The maximum Gasteiger partial charge on any atom is 0.139 e. The molecule has 3 nitrogen and oxygen atoms in total. The Morgan fingerprint density at radius 1 is 1.54 bits per heavy atom. The Labute approximate surface area is 84.4 Å². The van der Waals surface area contributed by atoms with Crippen LogP contribution in [0.5, 0.6) is 0 Å². The molecule has 2 aromatic heterocycles. The number of hydrogen-bond acceptors (Lipinski definition) is 5. The largest absolute Gasteiger partial charge is 0.383 e. The number of rotatable bonds is 3. The van der Waals surface area contributed by atoms with Gasteiger partial charge in [0, 0.05) is 12.6 Å². The molecule has 5 heteroatoms. The summed E-state index contributed by atoms with van der Waals surface area (Å²) in [5.74, 6) is 0.581. The minimum atomic E-state index is 0.581. The lowest BCUT2D eigenvalue weighted by molar-refractivity contribution is 1.18. The van der Waals surface area contributed by atoms with E-state index in [1.165, 1.54) is 17.1 Å². The summed E-state index contributed by atoms with van der Waals surface area (Å²) in [7, 11) is 0. The smallest absolute Gasteiger partial charge is 0.139 e. The van der Waals surface area contributed by atoms with Crippen LogP contribution < -0.4 is 11.1 Å². The Hall–Kier alpha value is -1.07. The molecule has 0 spiro atoms. The molecule has 68 valence electrons. The Bertz CT molecular complexity index is 366. The van der Waals surface area contributed by atoms with E-state index in [4.69, 9.17) is 5.73 Å². The molecule has 0 bridgehead atoms. The van der Waals surface area contributed by atoms with Crippen LogP contribution in [0.1, 0.15) is 5.56 Å². The van der Waals surface area contributed by atoms with Crippen LogP contribution in [-0.4, -0.2) is 4.37 Å². The van der Waals surface area contributed by atoms with Crippen molar-refractivity contribution in [1.29, 1.82) is 0 Å². The van der Waals surface area contributed by atoms with Gasteiger partial charge in [-0.2, -0.15) is 15.7 Å². The van der Waals surface area contributed by atoms with E-state index >= 15 is 0 Å². The zero-order valence-electron chi connectivity index (χ0n) is 6.86. The summed E-state index contributed by atoms with van der Waals surface area (Å²) < 4.78 is 3.98. The second-order valence-electron chi connectivity index (χ2n) is 2.60. The van der Waals surface area contributed by atoms with Crippen LogP contribution >= 0.6 is 22.9 Å². The summed E-state index contributed by atoms with van der Waals surface area (Å²) in [4.78, 5) is 0. The van der Waals surface area contributed by atoms with Gasteiger partial charge in [-0.15, -0.1) is 0 Å². The van der Waals surface area contributed by atoms with Gasteiger partial charge in [0.25, 0.3) is 0 Å². The van der Waals surface area contributed by atoms with Crippen LogP contribution in [0.25, 0.3) is 0 Å². The van der Waals surface area contributed by atoms with Crippen molar-refractivity contribution < 1.29 is 0 Å². The van der Waals surface area contributed by atoms with Crippen molar-refractivity contribution in [2.75, 3.05) is 11.1 Å². The van der Waals surface area contributed by atoms with Crippen molar-refractivity contribution in [3.63, 3.8) is 0 Å². The predicted octanol–water partition coefficient (Wildman–Crippen LogP) is 2.40. The quantitative estimate of drug-likeness (QED) is 0.819. The third-order valence-corrected chi connectivity index (χ3v) is 3.07. The highest BCUT2D eigenvalue weighted by molar-refractivity contribution is 7.10. The van der Waals surface area contributed by atoms with E-state index in [0.29, 0.717) is 5.82 Å². The molecule has 0 atom stereocenters. The molecule has 0 aliphatic rings. The molecule has 2 rings (SSSR count). The SMILES string of the molecule is Nc1cc(NCc2ccsc2)sn1. The summed E-state index contributed by atoms with van der Waals surface area (Å²) in [6.45, 7) is 0.838. The van der Waals surface area contributed by atoms with Crippen molar-refractivity contribution in [1.82, 2.24) is 4.37 Å². The molecule has 3 N–H and O–H groups in total. The molecular weight excluding hydrogens is 202 g/mol. The zero-order valence-corrected chi connectivity index (χ0v) is 8.49. The van der Waals surface area contributed by atoms with E-state index in [-0.39, 0.29) is 0 Å². The van der Waals surface area contributed by atoms with Gasteiger partial charge in [0.05, 0.1) is 0 Å². The molecule has 13 heavy (non-hydrogen) atoms. The summed E-state index contributed by atoms with van der Waals surface area (Å²) in [6, 6.07) is 3.94. The van der Waals surface area contributed by atoms with E-state index < -0.39 is 0 Å². The lowest BCUT2D eigenvalue weighted by Gasteiger charge is -1.98. The van der Waals surface area contributed by atoms with Gasteiger partial charge >= 0.3 is 0 Å². The van der Waals surface area contributed by atoms with E-state index in [1.54, 1.807) is 11.3 Å². The van der Waals surface area contributed by atoms with Crippen molar-refractivity contribution in [3.8, 4) is 0 Å². The van der Waals surface area contributed by atoms with E-state index in [0.717, 1.165) is 11.5 Å². The molecule has 0 saturated heterocycles. The molecule has 2 aromatic rings. The molecule has 0 fully saturated rings. The molecule has 0 unspecified atom stereocenters. The lowest BCUT2D eigenvalue weighted by atomic mass is 10.3. The fraction of sp³-hybridized carbons (Fsp3) is 0.125. The monoisotopic (exact) mass is 211 g/mol. The Morgan fingerprint density at radius 2 is 2.46 bits per heavy atom. The molecule has 0 radical (unpaired) electrons. The van der Waals surface area contributed by atoms with Crippen molar-refractivity contribution in [2.45, 2.75) is 6.54 Å². The van der Waals surface area contributed by atoms with Crippen LogP contribution in [0.4, 0.5) is 10.8 Å². The molecule has 0 saturated carbocycles. The number of nitrogen functional groups attached to an aromatic ring is 1. The van der Waals surface area contributed by atoms with Crippen molar-refractivity contribution >= 4 is 33.7 Å². The maximum atomic E-state index is 5.49. The first kappa shape index (κ1) is 8.52. The molecule has 0 aromatic carbocycles. The summed E-state index contributed by atoms with van der Waals surface area (Å²) in [5.41, 5.74) is 6.78. The summed E-state index contributed by atoms with van der Waals surface area (Å²) in [6.07, 6.45) is 0. The second-order valence-corrected chi connectivity index (χ2v) is 4.19. The third-order valence-electron chi connectivity index (χ3n) is 1.58. The first-order valence-corrected chi connectivity index (χ1v) is 5.53. The number of thiophene rings is 1. The van der Waals surface area contributed by atoms with Crippen LogP contribution in [0, 0.1) is 0 Å². The average molecular weight is 211 g/mol. The third kappa shape index (κ3) is 2.19. The normalized spacial score (nSPS) is 10.2. The molecule has 0 amide bonds. The second kappa shape index (κ2) is 3.76. The van der Waals surface area contributed by atoms with Crippen molar-refractivity contribution in [2.24, 2.45) is 0 Å². The first-order chi connectivity index (χ1) is 6.34. The Morgan fingerprint density at radius 3 is 3.08 bits per heavy atom. The fourth-order valence-electron chi connectivity index (χ4n) is 0.955. The minimum Gasteiger partial charge on any atom is -0.383 e.